The number of nitrogens with zero attached hydrogens (tertiary/aromatic N) is 1. The Morgan fingerprint density at radius 3 is 2.50 bits per heavy atom. The fourth-order valence-corrected chi connectivity index (χ4v) is 3.16. The molecule has 1 amide bonds. The summed E-state index contributed by atoms with van der Waals surface area (Å²) in [7, 11) is 0. The molecule has 2 aromatic carbocycles. The molecule has 1 aliphatic heterocycles. The van der Waals surface area contributed by atoms with E-state index in [4.69, 9.17) is 0 Å². The molecule has 24 heavy (non-hydrogen) atoms. The predicted octanol–water partition coefficient (Wildman–Crippen LogP) is 2.61. The number of rotatable bonds is 5. The summed E-state index contributed by atoms with van der Waals surface area (Å²) in [5.74, 6) is -1.12. The van der Waals surface area contributed by atoms with E-state index in [1.807, 2.05) is 6.92 Å². The van der Waals surface area contributed by atoms with Crippen LogP contribution in [0.15, 0.2) is 48.5 Å². The minimum absolute atomic E-state index is 0.102. The van der Waals surface area contributed by atoms with Crippen molar-refractivity contribution in [2.45, 2.75) is 25.4 Å². The maximum atomic E-state index is 12.8. The zero-order valence-electron chi connectivity index (χ0n) is 13.4. The lowest BCUT2D eigenvalue weighted by atomic mass is 9.88. The molecule has 0 unspecified atom stereocenters. The van der Waals surface area contributed by atoms with Gasteiger partial charge in [-0.3, -0.25) is 9.59 Å². The van der Waals surface area contributed by atoms with Crippen molar-refractivity contribution in [1.82, 2.24) is 0 Å². The van der Waals surface area contributed by atoms with Gasteiger partial charge in [-0.2, -0.15) is 0 Å². The van der Waals surface area contributed by atoms with Gasteiger partial charge < -0.3 is 15.1 Å². The van der Waals surface area contributed by atoms with Crippen molar-refractivity contribution in [3.8, 4) is 5.75 Å². The molecule has 0 spiro atoms. The van der Waals surface area contributed by atoms with E-state index in [1.165, 1.54) is 17.0 Å². The van der Waals surface area contributed by atoms with Gasteiger partial charge >= 0.3 is 0 Å². The lowest BCUT2D eigenvalue weighted by Gasteiger charge is -2.22. The van der Waals surface area contributed by atoms with Crippen LogP contribution in [-0.4, -0.2) is 28.4 Å². The van der Waals surface area contributed by atoms with Gasteiger partial charge in [0, 0.05) is 12.1 Å². The lowest BCUT2D eigenvalue weighted by Crippen LogP contribution is -2.42. The van der Waals surface area contributed by atoms with Crippen LogP contribution in [0.3, 0.4) is 0 Å². The van der Waals surface area contributed by atoms with Crippen molar-refractivity contribution in [2.75, 3.05) is 11.4 Å². The molecule has 5 heteroatoms. The van der Waals surface area contributed by atoms with Gasteiger partial charge in [0.15, 0.2) is 11.4 Å². The number of phenolic OH excluding ortho intramolecular Hbond substituents is 1. The number of carbonyl (C=O) groups excluding carboxylic acids is 2. The number of anilines is 1. The third-order valence-corrected chi connectivity index (χ3v) is 4.31. The van der Waals surface area contributed by atoms with Crippen LogP contribution in [0.1, 0.15) is 35.7 Å². The van der Waals surface area contributed by atoms with Crippen LogP contribution in [-0.2, 0) is 10.4 Å². The Morgan fingerprint density at radius 1 is 1.12 bits per heavy atom. The van der Waals surface area contributed by atoms with E-state index in [-0.39, 0.29) is 11.3 Å². The fourth-order valence-electron chi connectivity index (χ4n) is 3.16. The highest BCUT2D eigenvalue weighted by Gasteiger charge is 2.50. The Labute approximate surface area is 140 Å². The van der Waals surface area contributed by atoms with Gasteiger partial charge in [0.2, 0.25) is 0 Å². The van der Waals surface area contributed by atoms with E-state index in [0.717, 1.165) is 6.42 Å². The average Bonchev–Trinajstić information content (AvgIpc) is 2.78. The molecule has 3 rings (SSSR count). The highest BCUT2D eigenvalue weighted by molar-refractivity contribution is 6.11. The SMILES string of the molecule is CCCN1C(=O)[C@](O)(CC(=O)c2ccccc2O)c2ccccc21. The fraction of sp³-hybridized carbons (Fsp3) is 0.263. The van der Waals surface area contributed by atoms with Gasteiger partial charge in [-0.15, -0.1) is 0 Å². The standard InChI is InChI=1S/C19H19NO4/c1-2-11-20-15-9-5-4-8-14(15)19(24,18(20)23)12-17(22)13-7-3-6-10-16(13)21/h3-10,21,24H,2,11-12H2,1H3/t19-/m0/s1. The summed E-state index contributed by atoms with van der Waals surface area (Å²) in [4.78, 5) is 26.9. The van der Waals surface area contributed by atoms with Crippen LogP contribution in [0.5, 0.6) is 5.75 Å². The number of Topliss-reactive ketones (excluding diaryl/α,β-unsaturated/α-hetero) is 1. The average molecular weight is 325 g/mol. The largest absolute Gasteiger partial charge is 0.507 e. The number of hydrogen-bond donors (Lipinski definition) is 2. The molecule has 0 fully saturated rings. The molecular weight excluding hydrogens is 306 g/mol. The normalized spacial score (nSPS) is 19.4. The van der Waals surface area contributed by atoms with Crippen molar-refractivity contribution in [3.05, 3.63) is 59.7 Å². The van der Waals surface area contributed by atoms with E-state index < -0.39 is 23.7 Å². The van der Waals surface area contributed by atoms with Crippen molar-refractivity contribution < 1.29 is 19.8 Å². The quantitative estimate of drug-likeness (QED) is 0.828. The number of para-hydroxylation sites is 2. The van der Waals surface area contributed by atoms with Crippen molar-refractivity contribution in [2.24, 2.45) is 0 Å². The van der Waals surface area contributed by atoms with Gasteiger partial charge in [-0.1, -0.05) is 37.3 Å². The smallest absolute Gasteiger partial charge is 0.264 e. The molecule has 2 N–H and O–H groups in total. The number of hydrogen-bond acceptors (Lipinski definition) is 4. The predicted molar refractivity (Wildman–Crippen MR) is 90.0 cm³/mol. The second kappa shape index (κ2) is 6.09. The molecular formula is C19H19NO4. The first-order valence-electron chi connectivity index (χ1n) is 7.94. The minimum atomic E-state index is -1.90. The summed E-state index contributed by atoms with van der Waals surface area (Å²) < 4.78 is 0. The topological polar surface area (TPSA) is 77.8 Å². The van der Waals surface area contributed by atoms with Crippen LogP contribution in [0.2, 0.25) is 0 Å². The van der Waals surface area contributed by atoms with Crippen molar-refractivity contribution >= 4 is 17.4 Å². The Bertz CT molecular complexity index is 801. The summed E-state index contributed by atoms with van der Waals surface area (Å²) in [6.07, 6.45) is 0.338. The van der Waals surface area contributed by atoms with Crippen LogP contribution in [0.25, 0.3) is 0 Å². The minimum Gasteiger partial charge on any atom is -0.507 e. The maximum Gasteiger partial charge on any atom is 0.264 e. The summed E-state index contributed by atoms with van der Waals surface area (Å²) in [6, 6.07) is 13.1. The van der Waals surface area contributed by atoms with Crippen LogP contribution in [0.4, 0.5) is 5.69 Å². The molecule has 2 aromatic rings. The zero-order valence-corrected chi connectivity index (χ0v) is 13.4. The van der Waals surface area contributed by atoms with Gasteiger partial charge in [-0.25, -0.2) is 0 Å². The van der Waals surface area contributed by atoms with E-state index in [9.17, 15) is 19.8 Å². The maximum absolute atomic E-state index is 12.8. The van der Waals surface area contributed by atoms with Crippen molar-refractivity contribution in [3.63, 3.8) is 0 Å². The first-order valence-corrected chi connectivity index (χ1v) is 7.94. The molecule has 0 bridgehead atoms. The van der Waals surface area contributed by atoms with E-state index in [1.54, 1.807) is 36.4 Å². The summed E-state index contributed by atoms with van der Waals surface area (Å²) >= 11 is 0. The monoisotopic (exact) mass is 325 g/mol. The highest BCUT2D eigenvalue weighted by atomic mass is 16.3. The van der Waals surface area contributed by atoms with Gasteiger partial charge in [0.05, 0.1) is 17.7 Å². The number of benzene rings is 2. The first kappa shape index (κ1) is 16.2. The number of aliphatic hydroxyl groups is 1. The van der Waals surface area contributed by atoms with Crippen LogP contribution >= 0.6 is 0 Å². The Hall–Kier alpha value is -2.66. The van der Waals surface area contributed by atoms with E-state index >= 15 is 0 Å². The molecule has 5 nitrogen and oxygen atoms in total. The third kappa shape index (κ3) is 2.47. The second-order valence-corrected chi connectivity index (χ2v) is 5.95. The molecule has 0 aromatic heterocycles. The summed E-state index contributed by atoms with van der Waals surface area (Å²) in [5, 5.41) is 20.9. The molecule has 1 aliphatic rings. The highest BCUT2D eigenvalue weighted by Crippen LogP contribution is 2.43. The first-order chi connectivity index (χ1) is 11.5. The second-order valence-electron chi connectivity index (χ2n) is 5.95. The number of carbonyl (C=O) groups is 2. The third-order valence-electron chi connectivity index (χ3n) is 4.31. The van der Waals surface area contributed by atoms with Gasteiger partial charge in [0.1, 0.15) is 5.75 Å². The number of ketones is 1. The number of fused-ring (bicyclic) bond motifs is 1. The van der Waals surface area contributed by atoms with E-state index in [0.29, 0.717) is 17.8 Å². The van der Waals surface area contributed by atoms with Gasteiger partial charge in [-0.05, 0) is 24.6 Å². The Kier molecular flexibility index (Phi) is 4.11. The molecule has 0 saturated heterocycles. The molecule has 1 heterocycles. The van der Waals surface area contributed by atoms with Crippen LogP contribution < -0.4 is 4.90 Å². The van der Waals surface area contributed by atoms with E-state index in [2.05, 4.69) is 0 Å². The number of aromatic hydroxyl groups is 1. The molecule has 0 aliphatic carbocycles. The molecule has 0 saturated carbocycles. The number of amides is 1. The molecule has 0 radical (unpaired) electrons. The van der Waals surface area contributed by atoms with Crippen molar-refractivity contribution in [1.29, 1.82) is 0 Å². The zero-order chi connectivity index (χ0) is 17.3. The summed E-state index contributed by atoms with van der Waals surface area (Å²) in [5.41, 5.74) is -0.722. The van der Waals surface area contributed by atoms with Crippen LogP contribution in [0, 0.1) is 0 Å². The molecule has 1 atom stereocenters. The summed E-state index contributed by atoms with van der Waals surface area (Å²) in [6.45, 7) is 2.42. The lowest BCUT2D eigenvalue weighted by molar-refractivity contribution is -0.135. The number of phenols is 1. The van der Waals surface area contributed by atoms with Gasteiger partial charge in [0.25, 0.3) is 5.91 Å². The Balaban J connectivity index is 1.99. The molecule has 124 valence electrons. The Morgan fingerprint density at radius 2 is 1.79 bits per heavy atom.